The van der Waals surface area contributed by atoms with E-state index in [4.69, 9.17) is 21.1 Å². The van der Waals surface area contributed by atoms with Crippen molar-refractivity contribution in [3.63, 3.8) is 0 Å². The van der Waals surface area contributed by atoms with Crippen molar-refractivity contribution < 1.29 is 9.47 Å². The molecular weight excluding hydrogens is 288 g/mol. The van der Waals surface area contributed by atoms with Crippen molar-refractivity contribution in [2.75, 3.05) is 31.7 Å². The zero-order valence-corrected chi connectivity index (χ0v) is 13.3. The number of halogens is 1. The molecule has 21 heavy (non-hydrogen) atoms. The molecule has 0 aromatic heterocycles. The third-order valence-electron chi connectivity index (χ3n) is 4.18. The number of hydrogen-bond donors (Lipinski definition) is 1. The van der Waals surface area contributed by atoms with Gasteiger partial charge in [0.2, 0.25) is 6.79 Å². The summed E-state index contributed by atoms with van der Waals surface area (Å²) in [6, 6.07) is 4.27. The molecule has 0 amide bonds. The second-order valence-electron chi connectivity index (χ2n) is 5.80. The molecule has 1 aromatic rings. The maximum atomic E-state index is 6.34. The minimum atomic E-state index is 0.282. The molecule has 1 N–H and O–H groups in total. The summed E-state index contributed by atoms with van der Waals surface area (Å²) in [5.74, 6) is 1.52. The molecule has 1 saturated heterocycles. The first kappa shape index (κ1) is 14.8. The van der Waals surface area contributed by atoms with Crippen LogP contribution in [0.3, 0.4) is 0 Å². The zero-order chi connectivity index (χ0) is 14.7. The molecule has 0 aliphatic carbocycles. The lowest BCUT2D eigenvalue weighted by Gasteiger charge is -2.20. The van der Waals surface area contributed by atoms with Gasteiger partial charge in [0.1, 0.15) is 0 Å². The molecule has 1 unspecified atom stereocenters. The second kappa shape index (κ2) is 6.75. The lowest BCUT2D eigenvalue weighted by molar-refractivity contribution is 0.174. The van der Waals surface area contributed by atoms with Crippen molar-refractivity contribution in [3.8, 4) is 11.5 Å². The number of nitrogens with zero attached hydrogens (tertiary/aromatic N) is 1. The molecule has 1 aromatic carbocycles. The van der Waals surface area contributed by atoms with Crippen LogP contribution in [0.1, 0.15) is 32.6 Å². The summed E-state index contributed by atoms with van der Waals surface area (Å²) >= 11 is 6.34. The van der Waals surface area contributed by atoms with E-state index < -0.39 is 0 Å². The zero-order valence-electron chi connectivity index (χ0n) is 12.5. The average molecular weight is 311 g/mol. The summed E-state index contributed by atoms with van der Waals surface area (Å²) in [6.45, 7) is 6.10. The molecule has 1 fully saturated rings. The molecule has 5 heteroatoms. The Hall–Kier alpha value is -1.13. The Kier molecular flexibility index (Phi) is 4.76. The minimum Gasteiger partial charge on any atom is -0.454 e. The van der Waals surface area contributed by atoms with Crippen LogP contribution in [0.15, 0.2) is 12.1 Å². The highest BCUT2D eigenvalue weighted by molar-refractivity contribution is 6.33. The van der Waals surface area contributed by atoms with Gasteiger partial charge in [0, 0.05) is 24.7 Å². The summed E-state index contributed by atoms with van der Waals surface area (Å²) in [7, 11) is 0. The van der Waals surface area contributed by atoms with Crippen molar-refractivity contribution in [1.82, 2.24) is 4.90 Å². The van der Waals surface area contributed by atoms with E-state index in [2.05, 4.69) is 17.1 Å². The van der Waals surface area contributed by atoms with Crippen molar-refractivity contribution in [1.29, 1.82) is 0 Å². The summed E-state index contributed by atoms with van der Waals surface area (Å²) in [5, 5.41) is 4.29. The van der Waals surface area contributed by atoms with E-state index in [-0.39, 0.29) is 6.79 Å². The fourth-order valence-electron chi connectivity index (χ4n) is 3.09. The Morgan fingerprint density at radius 1 is 1.24 bits per heavy atom. The standard InChI is InChI=1S/C16H23ClN2O2/c1-2-6-19-7-3-4-12(5-8-19)18-14-10-16-15(9-13(14)17)20-11-21-16/h9-10,12,18H,2-8,11H2,1H3. The SMILES string of the molecule is CCCN1CCCC(Nc2cc3c(cc2Cl)OCO3)CC1. The molecule has 116 valence electrons. The molecular formula is C16H23ClN2O2. The van der Waals surface area contributed by atoms with Crippen LogP contribution in [-0.2, 0) is 0 Å². The monoisotopic (exact) mass is 310 g/mol. The number of anilines is 1. The van der Waals surface area contributed by atoms with Crippen LogP contribution in [0.25, 0.3) is 0 Å². The highest BCUT2D eigenvalue weighted by atomic mass is 35.5. The molecule has 1 atom stereocenters. The van der Waals surface area contributed by atoms with Crippen LogP contribution in [0, 0.1) is 0 Å². The van der Waals surface area contributed by atoms with Crippen molar-refractivity contribution in [3.05, 3.63) is 17.2 Å². The molecule has 0 saturated carbocycles. The predicted octanol–water partition coefficient (Wildman–Crippen LogP) is 3.75. The van der Waals surface area contributed by atoms with Gasteiger partial charge >= 0.3 is 0 Å². The summed E-state index contributed by atoms with van der Waals surface area (Å²) < 4.78 is 10.8. The van der Waals surface area contributed by atoms with Crippen LogP contribution in [0.5, 0.6) is 11.5 Å². The second-order valence-corrected chi connectivity index (χ2v) is 6.21. The van der Waals surface area contributed by atoms with Crippen molar-refractivity contribution in [2.24, 2.45) is 0 Å². The topological polar surface area (TPSA) is 33.7 Å². The lowest BCUT2D eigenvalue weighted by Crippen LogP contribution is -2.27. The first-order valence-electron chi connectivity index (χ1n) is 7.84. The van der Waals surface area contributed by atoms with Crippen LogP contribution < -0.4 is 14.8 Å². The summed E-state index contributed by atoms with van der Waals surface area (Å²) in [5.41, 5.74) is 0.954. The van der Waals surface area contributed by atoms with E-state index in [1.807, 2.05) is 12.1 Å². The van der Waals surface area contributed by atoms with Crippen LogP contribution in [0.2, 0.25) is 5.02 Å². The van der Waals surface area contributed by atoms with Gasteiger partial charge in [-0.05, 0) is 38.8 Å². The third-order valence-corrected chi connectivity index (χ3v) is 4.50. The van der Waals surface area contributed by atoms with E-state index >= 15 is 0 Å². The fourth-order valence-corrected chi connectivity index (χ4v) is 3.30. The summed E-state index contributed by atoms with van der Waals surface area (Å²) in [4.78, 5) is 2.56. The highest BCUT2D eigenvalue weighted by Gasteiger charge is 2.20. The molecule has 4 nitrogen and oxygen atoms in total. The van der Waals surface area contributed by atoms with E-state index in [9.17, 15) is 0 Å². The Bertz CT molecular complexity index is 495. The molecule has 0 radical (unpaired) electrons. The minimum absolute atomic E-state index is 0.282. The fraction of sp³-hybridized carbons (Fsp3) is 0.625. The molecule has 2 aliphatic rings. The van der Waals surface area contributed by atoms with Crippen molar-refractivity contribution >= 4 is 17.3 Å². The number of rotatable bonds is 4. The number of benzene rings is 1. The van der Waals surface area contributed by atoms with Gasteiger partial charge in [0.15, 0.2) is 11.5 Å². The molecule has 0 bridgehead atoms. The van der Waals surface area contributed by atoms with E-state index in [0.717, 1.165) is 30.2 Å². The highest BCUT2D eigenvalue weighted by Crippen LogP contribution is 2.39. The lowest BCUT2D eigenvalue weighted by atomic mass is 10.1. The van der Waals surface area contributed by atoms with Gasteiger partial charge in [0.05, 0.1) is 10.7 Å². The first-order chi connectivity index (χ1) is 10.3. The van der Waals surface area contributed by atoms with Crippen molar-refractivity contribution in [2.45, 2.75) is 38.6 Å². The smallest absolute Gasteiger partial charge is 0.231 e. The van der Waals surface area contributed by atoms with Gasteiger partial charge in [-0.25, -0.2) is 0 Å². The Balaban J connectivity index is 1.64. The number of nitrogens with one attached hydrogen (secondary N) is 1. The van der Waals surface area contributed by atoms with Gasteiger partial charge in [-0.15, -0.1) is 0 Å². The summed E-state index contributed by atoms with van der Waals surface area (Å²) in [6.07, 6.45) is 4.81. The van der Waals surface area contributed by atoms with Gasteiger partial charge in [-0.3, -0.25) is 0 Å². The van der Waals surface area contributed by atoms with Crippen LogP contribution >= 0.6 is 11.6 Å². The Morgan fingerprint density at radius 2 is 2.05 bits per heavy atom. The largest absolute Gasteiger partial charge is 0.454 e. The third kappa shape index (κ3) is 3.55. The average Bonchev–Trinajstić information content (AvgIpc) is 2.79. The number of hydrogen-bond acceptors (Lipinski definition) is 4. The van der Waals surface area contributed by atoms with Crippen LogP contribution in [0.4, 0.5) is 5.69 Å². The predicted molar refractivity (Wildman–Crippen MR) is 85.6 cm³/mol. The molecule has 2 aliphatic heterocycles. The first-order valence-corrected chi connectivity index (χ1v) is 8.22. The quantitative estimate of drug-likeness (QED) is 0.918. The maximum Gasteiger partial charge on any atom is 0.231 e. The molecule has 2 heterocycles. The van der Waals surface area contributed by atoms with Gasteiger partial charge in [0.25, 0.3) is 0 Å². The number of ether oxygens (including phenoxy) is 2. The van der Waals surface area contributed by atoms with Gasteiger partial charge < -0.3 is 19.7 Å². The van der Waals surface area contributed by atoms with E-state index in [0.29, 0.717) is 11.1 Å². The normalized spacial score (nSPS) is 22.1. The van der Waals surface area contributed by atoms with Gasteiger partial charge in [-0.2, -0.15) is 0 Å². The maximum absolute atomic E-state index is 6.34. The Labute approximate surface area is 131 Å². The molecule has 0 spiro atoms. The van der Waals surface area contributed by atoms with Gasteiger partial charge in [-0.1, -0.05) is 18.5 Å². The number of fused-ring (bicyclic) bond motifs is 1. The Morgan fingerprint density at radius 3 is 2.86 bits per heavy atom. The number of likely N-dealkylation sites (tertiary alicyclic amines) is 1. The van der Waals surface area contributed by atoms with E-state index in [1.165, 1.54) is 32.4 Å². The van der Waals surface area contributed by atoms with Crippen LogP contribution in [-0.4, -0.2) is 37.4 Å². The van der Waals surface area contributed by atoms with E-state index in [1.54, 1.807) is 0 Å². The molecule has 3 rings (SSSR count).